The van der Waals surface area contributed by atoms with E-state index in [1.165, 1.54) is 5.56 Å². The Morgan fingerprint density at radius 2 is 1.50 bits per heavy atom. The normalized spacial score (nSPS) is 20.4. The predicted molar refractivity (Wildman–Crippen MR) is 88.7 cm³/mol. The number of hydrogen-bond donors (Lipinski definition) is 1. The van der Waals surface area contributed by atoms with Gasteiger partial charge in [-0.3, -0.25) is 0 Å². The van der Waals surface area contributed by atoms with Gasteiger partial charge in [-0.15, -0.1) is 0 Å². The molecule has 1 saturated heterocycles. The summed E-state index contributed by atoms with van der Waals surface area (Å²) < 4.78 is 27.9. The van der Waals surface area contributed by atoms with Crippen LogP contribution in [0, 0.1) is 40.5 Å². The molecule has 1 fully saturated rings. The molecule has 1 aromatic rings. The fourth-order valence-electron chi connectivity index (χ4n) is 3.38. The summed E-state index contributed by atoms with van der Waals surface area (Å²) in [6.45, 7) is 10.8. The minimum absolute atomic E-state index is 0.0515. The van der Waals surface area contributed by atoms with Gasteiger partial charge in [0.1, 0.15) is 0 Å². The van der Waals surface area contributed by atoms with Gasteiger partial charge in [-0.05, 0) is 81.2 Å². The van der Waals surface area contributed by atoms with Crippen molar-refractivity contribution >= 4 is 10.0 Å². The highest BCUT2D eigenvalue weighted by Gasteiger charge is 2.33. The Hall–Kier alpha value is -0.910. The lowest BCUT2D eigenvalue weighted by molar-refractivity contribution is 0.165. The molecule has 0 radical (unpaired) electrons. The van der Waals surface area contributed by atoms with Crippen LogP contribution in [0.1, 0.15) is 40.7 Å². The highest BCUT2D eigenvalue weighted by molar-refractivity contribution is 7.89. The van der Waals surface area contributed by atoms with Gasteiger partial charge in [0, 0.05) is 19.7 Å². The van der Waals surface area contributed by atoms with Gasteiger partial charge in [0.05, 0.1) is 4.90 Å². The molecule has 1 aliphatic rings. The van der Waals surface area contributed by atoms with Crippen LogP contribution in [0.4, 0.5) is 0 Å². The molecule has 0 aliphatic carbocycles. The molecule has 22 heavy (non-hydrogen) atoms. The third-order valence-corrected chi connectivity index (χ3v) is 7.41. The van der Waals surface area contributed by atoms with E-state index in [0.29, 0.717) is 18.0 Å². The Balaban J connectivity index is 2.55. The second-order valence-corrected chi connectivity index (χ2v) is 8.38. The zero-order valence-electron chi connectivity index (χ0n) is 14.2. The summed E-state index contributed by atoms with van der Waals surface area (Å²) in [6.07, 6.45) is 1.71. The molecular formula is C17H27NO3S. The summed E-state index contributed by atoms with van der Waals surface area (Å²) in [5.41, 5.74) is 4.98. The zero-order valence-corrected chi connectivity index (χ0v) is 15.0. The number of sulfonamides is 1. The van der Waals surface area contributed by atoms with Crippen molar-refractivity contribution in [3.63, 3.8) is 0 Å². The lowest BCUT2D eigenvalue weighted by Gasteiger charge is -2.32. The van der Waals surface area contributed by atoms with Crippen LogP contribution in [0.15, 0.2) is 4.90 Å². The average Bonchev–Trinajstić information content (AvgIpc) is 2.51. The molecule has 2 rings (SSSR count). The lowest BCUT2D eigenvalue weighted by atomic mass is 9.95. The van der Waals surface area contributed by atoms with Gasteiger partial charge in [0.25, 0.3) is 0 Å². The maximum absolute atomic E-state index is 13.2. The van der Waals surface area contributed by atoms with Crippen molar-refractivity contribution in [3.8, 4) is 0 Å². The quantitative estimate of drug-likeness (QED) is 0.929. The summed E-state index contributed by atoms with van der Waals surface area (Å²) in [5, 5.41) is 9.36. The highest BCUT2D eigenvalue weighted by Crippen LogP contribution is 2.33. The first-order valence-electron chi connectivity index (χ1n) is 7.89. The Bertz CT molecular complexity index is 651. The topological polar surface area (TPSA) is 57.6 Å². The van der Waals surface area contributed by atoms with Crippen molar-refractivity contribution in [2.24, 2.45) is 5.92 Å². The molecule has 1 aromatic carbocycles. The molecule has 0 saturated carbocycles. The summed E-state index contributed by atoms with van der Waals surface area (Å²) in [4.78, 5) is 0.465. The van der Waals surface area contributed by atoms with Crippen LogP contribution in [0.25, 0.3) is 0 Å². The lowest BCUT2D eigenvalue weighted by Crippen LogP contribution is -2.41. The molecule has 0 amide bonds. The van der Waals surface area contributed by atoms with Gasteiger partial charge in [-0.2, -0.15) is 4.31 Å². The van der Waals surface area contributed by atoms with E-state index in [0.717, 1.165) is 35.1 Å². The van der Waals surface area contributed by atoms with Crippen molar-refractivity contribution in [1.29, 1.82) is 0 Å². The smallest absolute Gasteiger partial charge is 0.243 e. The predicted octanol–water partition coefficient (Wildman–Crippen LogP) is 2.62. The highest BCUT2D eigenvalue weighted by atomic mass is 32.2. The number of aliphatic hydroxyl groups excluding tert-OH is 1. The maximum atomic E-state index is 13.2. The molecule has 1 aliphatic heterocycles. The molecule has 1 N–H and O–H groups in total. The molecule has 124 valence electrons. The Kier molecular flexibility index (Phi) is 5.00. The van der Waals surface area contributed by atoms with E-state index in [-0.39, 0.29) is 12.5 Å². The summed E-state index contributed by atoms with van der Waals surface area (Å²) in [6, 6.07) is 0. The van der Waals surface area contributed by atoms with Gasteiger partial charge in [0.15, 0.2) is 0 Å². The minimum atomic E-state index is -3.51. The van der Waals surface area contributed by atoms with Crippen LogP contribution in [-0.2, 0) is 10.0 Å². The van der Waals surface area contributed by atoms with Gasteiger partial charge in [-0.1, -0.05) is 0 Å². The first-order valence-corrected chi connectivity index (χ1v) is 9.33. The third-order valence-electron chi connectivity index (χ3n) is 5.27. The fraction of sp³-hybridized carbons (Fsp3) is 0.647. The zero-order chi connectivity index (χ0) is 16.7. The molecule has 4 nitrogen and oxygen atoms in total. The standard InChI is InChI=1S/C17H27NO3S/c1-11-12(2)14(4)17(15(5)13(11)3)22(20,21)18-8-6-7-16(9-18)10-19/h16,19H,6-10H2,1-5H3. The number of rotatable bonds is 3. The first kappa shape index (κ1) is 17.4. The van der Waals surface area contributed by atoms with Crippen LogP contribution in [-0.4, -0.2) is 37.5 Å². The molecular weight excluding hydrogens is 298 g/mol. The van der Waals surface area contributed by atoms with Crippen LogP contribution >= 0.6 is 0 Å². The SMILES string of the molecule is Cc1c(C)c(C)c(S(=O)(=O)N2CCCC(CO)C2)c(C)c1C. The Morgan fingerprint density at radius 3 is 2.00 bits per heavy atom. The number of hydrogen-bond acceptors (Lipinski definition) is 3. The van der Waals surface area contributed by atoms with Crippen LogP contribution in [0.5, 0.6) is 0 Å². The van der Waals surface area contributed by atoms with Crippen LogP contribution < -0.4 is 0 Å². The molecule has 0 aromatic heterocycles. The second kappa shape index (κ2) is 6.30. The second-order valence-electron chi connectivity index (χ2n) is 6.51. The van der Waals surface area contributed by atoms with E-state index in [1.54, 1.807) is 4.31 Å². The third kappa shape index (κ3) is 2.82. The summed E-state index contributed by atoms with van der Waals surface area (Å²) in [5.74, 6) is 0.0526. The molecule has 1 atom stereocenters. The van der Waals surface area contributed by atoms with Gasteiger partial charge >= 0.3 is 0 Å². The molecule has 1 unspecified atom stereocenters. The molecule has 0 spiro atoms. The Morgan fingerprint density at radius 1 is 1.00 bits per heavy atom. The number of piperidine rings is 1. The van der Waals surface area contributed by atoms with Gasteiger partial charge < -0.3 is 5.11 Å². The molecule has 1 heterocycles. The van der Waals surface area contributed by atoms with Crippen molar-refractivity contribution in [3.05, 3.63) is 27.8 Å². The summed E-state index contributed by atoms with van der Waals surface area (Å²) in [7, 11) is -3.51. The van der Waals surface area contributed by atoms with Crippen molar-refractivity contribution < 1.29 is 13.5 Å². The van der Waals surface area contributed by atoms with Crippen molar-refractivity contribution in [2.75, 3.05) is 19.7 Å². The van der Waals surface area contributed by atoms with E-state index in [9.17, 15) is 13.5 Å². The van der Waals surface area contributed by atoms with E-state index in [2.05, 4.69) is 0 Å². The number of benzene rings is 1. The monoisotopic (exact) mass is 325 g/mol. The minimum Gasteiger partial charge on any atom is -0.396 e. The average molecular weight is 325 g/mol. The van der Waals surface area contributed by atoms with E-state index in [1.807, 2.05) is 34.6 Å². The maximum Gasteiger partial charge on any atom is 0.243 e. The van der Waals surface area contributed by atoms with E-state index < -0.39 is 10.0 Å². The van der Waals surface area contributed by atoms with E-state index >= 15 is 0 Å². The summed E-state index contributed by atoms with van der Waals surface area (Å²) >= 11 is 0. The van der Waals surface area contributed by atoms with Crippen LogP contribution in [0.2, 0.25) is 0 Å². The van der Waals surface area contributed by atoms with Gasteiger partial charge in [0.2, 0.25) is 10.0 Å². The Labute approximate surface area is 134 Å². The van der Waals surface area contributed by atoms with Crippen molar-refractivity contribution in [1.82, 2.24) is 4.31 Å². The number of aliphatic hydroxyl groups is 1. The molecule has 5 heteroatoms. The van der Waals surface area contributed by atoms with E-state index in [4.69, 9.17) is 0 Å². The van der Waals surface area contributed by atoms with Gasteiger partial charge in [-0.25, -0.2) is 8.42 Å². The number of nitrogens with zero attached hydrogens (tertiary/aromatic N) is 1. The van der Waals surface area contributed by atoms with Crippen molar-refractivity contribution in [2.45, 2.75) is 52.4 Å². The largest absolute Gasteiger partial charge is 0.396 e. The first-order chi connectivity index (χ1) is 10.2. The van der Waals surface area contributed by atoms with Crippen LogP contribution in [0.3, 0.4) is 0 Å². The molecule has 0 bridgehead atoms. The fourth-order valence-corrected chi connectivity index (χ4v) is 5.49.